The van der Waals surface area contributed by atoms with E-state index in [4.69, 9.17) is 14.2 Å². The quantitative estimate of drug-likeness (QED) is 0.796. The summed E-state index contributed by atoms with van der Waals surface area (Å²) in [4.78, 5) is 0. The summed E-state index contributed by atoms with van der Waals surface area (Å²) in [5.74, 6) is 0.839. The Labute approximate surface area is 111 Å². The molecule has 0 aliphatic carbocycles. The van der Waals surface area contributed by atoms with E-state index in [1.165, 1.54) is 3.69 Å². The van der Waals surface area contributed by atoms with Gasteiger partial charge in [0.2, 0.25) is 0 Å². The molecule has 0 unspecified atom stereocenters. The molecule has 0 N–H and O–H groups in total. The number of methoxy groups -OCH3 is 1. The molecule has 1 saturated heterocycles. The van der Waals surface area contributed by atoms with Gasteiger partial charge in [-0.3, -0.25) is 12.9 Å². The van der Waals surface area contributed by atoms with Crippen molar-refractivity contribution in [3.8, 4) is 5.75 Å². The second kappa shape index (κ2) is 6.21. The Kier molecular flexibility index (Phi) is 4.90. The van der Waals surface area contributed by atoms with Crippen molar-refractivity contribution in [2.75, 3.05) is 20.3 Å². The lowest BCUT2D eigenvalue weighted by molar-refractivity contribution is -0.183. The fraction of sp³-hybridized carbons (Fsp3) is 0.455. The first-order valence-electron chi connectivity index (χ1n) is 5.31. The minimum absolute atomic E-state index is 0.267. The summed E-state index contributed by atoms with van der Waals surface area (Å²) in [6.45, 7) is 1.51. The van der Waals surface area contributed by atoms with Crippen LogP contribution in [-0.2, 0) is 9.47 Å². The van der Waals surface area contributed by atoms with Gasteiger partial charge in [-0.05, 0) is 12.5 Å². The van der Waals surface area contributed by atoms with Crippen LogP contribution in [0, 0.1) is 0 Å². The highest BCUT2D eigenvalue weighted by Gasteiger charge is 2.20. The standard InChI is InChI=1S/C11H13O3.BrH.Mg/c1-12-10-6-3-2-5-9(10)11-13-7-4-8-14-11;;/h3,5-6,11H,4,7-8H2,1H3;1H;/q;;+1/p-1. The summed E-state index contributed by atoms with van der Waals surface area (Å²) in [5.41, 5.74) is 1.01. The molecule has 1 aromatic carbocycles. The van der Waals surface area contributed by atoms with Crippen molar-refractivity contribution in [2.24, 2.45) is 0 Å². The first-order chi connectivity index (χ1) is 7.85. The topological polar surface area (TPSA) is 27.7 Å². The molecule has 0 amide bonds. The van der Waals surface area contributed by atoms with Crippen LogP contribution in [0.25, 0.3) is 0 Å². The highest BCUT2D eigenvalue weighted by atomic mass is 79.9. The van der Waals surface area contributed by atoms with Gasteiger partial charge in [-0.25, -0.2) is 0 Å². The molecule has 16 heavy (non-hydrogen) atoms. The summed E-state index contributed by atoms with van der Waals surface area (Å²) < 4.78 is 17.9. The number of halogens is 1. The maximum Gasteiger partial charge on any atom is 0.506 e. The molecule has 0 spiro atoms. The van der Waals surface area contributed by atoms with Crippen molar-refractivity contribution in [1.82, 2.24) is 0 Å². The average Bonchev–Trinajstić information content (AvgIpc) is 2.39. The first-order valence-corrected chi connectivity index (χ1v) is 9.91. The van der Waals surface area contributed by atoms with Crippen LogP contribution in [0.2, 0.25) is 0 Å². The van der Waals surface area contributed by atoms with E-state index in [0.29, 0.717) is 0 Å². The van der Waals surface area contributed by atoms with Gasteiger partial charge < -0.3 is 14.2 Å². The molecule has 0 saturated carbocycles. The van der Waals surface area contributed by atoms with Crippen LogP contribution in [0.4, 0.5) is 0 Å². The monoisotopic (exact) mass is 296 g/mol. The zero-order valence-electron chi connectivity index (χ0n) is 9.24. The molecule has 0 atom stereocenters. The first kappa shape index (κ1) is 12.6. The van der Waals surface area contributed by atoms with Crippen LogP contribution >= 0.6 is 12.9 Å². The minimum atomic E-state index is -0.343. The second-order valence-corrected chi connectivity index (χ2v) is 6.40. The van der Waals surface area contributed by atoms with Crippen LogP contribution in [0.5, 0.6) is 5.75 Å². The second-order valence-electron chi connectivity index (χ2n) is 3.64. The Balaban J connectivity index is 2.27. The molecule has 1 heterocycles. The summed E-state index contributed by atoms with van der Waals surface area (Å²) in [6.07, 6.45) is 0.697. The summed E-state index contributed by atoms with van der Waals surface area (Å²) in [5, 5.41) is 0. The molecular weight excluding hydrogens is 284 g/mol. The van der Waals surface area contributed by atoms with Gasteiger partial charge in [-0.1, -0.05) is 12.1 Å². The van der Waals surface area contributed by atoms with Gasteiger partial charge in [0.1, 0.15) is 5.75 Å². The molecule has 5 heteroatoms. The molecule has 1 fully saturated rings. The normalized spacial score (nSPS) is 16.9. The van der Waals surface area contributed by atoms with Gasteiger partial charge in [-0.15, -0.1) is 0 Å². The fourth-order valence-electron chi connectivity index (χ4n) is 1.72. The number of ether oxygens (including phenoxy) is 3. The number of rotatable bonds is 3. The van der Waals surface area contributed by atoms with E-state index in [2.05, 4.69) is 25.0 Å². The van der Waals surface area contributed by atoms with E-state index in [-0.39, 0.29) is 24.5 Å². The lowest BCUT2D eigenvalue weighted by Crippen LogP contribution is -2.20. The lowest BCUT2D eigenvalue weighted by atomic mass is 10.2. The third kappa shape index (κ3) is 2.90. The summed E-state index contributed by atoms with van der Waals surface area (Å²) in [6, 6.07) is 6.20. The van der Waals surface area contributed by atoms with Gasteiger partial charge in [0, 0.05) is 5.56 Å². The third-order valence-electron chi connectivity index (χ3n) is 2.53. The molecule has 1 aliphatic rings. The molecule has 1 aromatic rings. The zero-order chi connectivity index (χ0) is 11.4. The van der Waals surface area contributed by atoms with E-state index in [0.717, 1.165) is 30.9 Å². The zero-order valence-corrected chi connectivity index (χ0v) is 12.2. The third-order valence-corrected chi connectivity index (χ3v) is 5.22. The molecule has 0 bridgehead atoms. The van der Waals surface area contributed by atoms with E-state index < -0.39 is 0 Å². The smallest absolute Gasteiger partial charge is 0.496 e. The molecular formula is C11H13BrMgO3. The average molecular weight is 297 g/mol. The predicted molar refractivity (Wildman–Crippen MR) is 66.6 cm³/mol. The number of hydrogen-bond donors (Lipinski definition) is 0. The highest BCUT2D eigenvalue weighted by Crippen LogP contribution is 2.29. The Morgan fingerprint density at radius 2 is 2.12 bits per heavy atom. The molecule has 3 nitrogen and oxygen atoms in total. The van der Waals surface area contributed by atoms with Crippen molar-refractivity contribution >= 4 is 34.8 Å². The Morgan fingerprint density at radius 1 is 1.38 bits per heavy atom. The highest BCUT2D eigenvalue weighted by molar-refractivity contribution is 9.23. The molecule has 84 valence electrons. The largest absolute Gasteiger partial charge is 0.506 e. The van der Waals surface area contributed by atoms with Crippen LogP contribution in [0.15, 0.2) is 18.2 Å². The Bertz CT molecular complexity index is 353. The van der Waals surface area contributed by atoms with Crippen molar-refractivity contribution in [3.63, 3.8) is 0 Å². The van der Waals surface area contributed by atoms with Crippen LogP contribution < -0.4 is 8.43 Å². The lowest BCUT2D eigenvalue weighted by Gasteiger charge is -2.25. The number of hydrogen-bond acceptors (Lipinski definition) is 3. The van der Waals surface area contributed by atoms with Crippen LogP contribution in [0.1, 0.15) is 18.3 Å². The van der Waals surface area contributed by atoms with Crippen LogP contribution in [-0.4, -0.2) is 38.5 Å². The van der Waals surface area contributed by atoms with Crippen LogP contribution in [0.3, 0.4) is 0 Å². The van der Waals surface area contributed by atoms with E-state index in [9.17, 15) is 0 Å². The van der Waals surface area contributed by atoms with Gasteiger partial charge in [-0.2, -0.15) is 3.69 Å². The maximum atomic E-state index is 5.60. The SMILES string of the molecule is COc1cc[c]([Mg][Br])cc1C1OCCCO1. The summed E-state index contributed by atoms with van der Waals surface area (Å²) in [7, 11) is 1.67. The number of benzene rings is 1. The van der Waals surface area contributed by atoms with Crippen molar-refractivity contribution in [3.05, 3.63) is 23.8 Å². The molecule has 1 aliphatic heterocycles. The van der Waals surface area contributed by atoms with Gasteiger partial charge in [0.05, 0.1) is 20.3 Å². The Morgan fingerprint density at radius 3 is 2.75 bits per heavy atom. The van der Waals surface area contributed by atoms with E-state index in [1.807, 2.05) is 6.07 Å². The van der Waals surface area contributed by atoms with E-state index in [1.54, 1.807) is 7.11 Å². The van der Waals surface area contributed by atoms with Crippen molar-refractivity contribution < 1.29 is 14.2 Å². The predicted octanol–water partition coefficient (Wildman–Crippen LogP) is 1.77. The maximum absolute atomic E-state index is 5.60. The molecule has 2 rings (SSSR count). The van der Waals surface area contributed by atoms with Gasteiger partial charge >= 0.3 is 18.2 Å². The Hall–Kier alpha value is 0.186. The minimum Gasteiger partial charge on any atom is -0.496 e. The molecule has 0 aromatic heterocycles. The van der Waals surface area contributed by atoms with Crippen molar-refractivity contribution in [2.45, 2.75) is 12.7 Å². The van der Waals surface area contributed by atoms with Gasteiger partial charge in [0.15, 0.2) is 6.29 Å². The van der Waals surface area contributed by atoms with Crippen molar-refractivity contribution in [1.29, 1.82) is 0 Å². The van der Waals surface area contributed by atoms with E-state index >= 15 is 0 Å². The van der Waals surface area contributed by atoms with Gasteiger partial charge in [0.25, 0.3) is 0 Å². The molecule has 0 radical (unpaired) electrons. The fourth-order valence-corrected chi connectivity index (χ4v) is 3.27. The summed E-state index contributed by atoms with van der Waals surface area (Å²) >= 11 is 3.24.